The van der Waals surface area contributed by atoms with Crippen LogP contribution in [0.2, 0.25) is 5.02 Å². The summed E-state index contributed by atoms with van der Waals surface area (Å²) in [4.78, 5) is 2.54. The van der Waals surface area contributed by atoms with Crippen LogP contribution in [0.15, 0.2) is 24.3 Å². The maximum absolute atomic E-state index is 13.8. The van der Waals surface area contributed by atoms with Crippen molar-refractivity contribution in [2.45, 2.75) is 46.2 Å². The fourth-order valence-corrected chi connectivity index (χ4v) is 5.28. The Bertz CT molecular complexity index is 1010. The molecule has 1 aliphatic heterocycles. The molecule has 2 heterocycles. The van der Waals surface area contributed by atoms with Crippen molar-refractivity contribution in [2.75, 3.05) is 26.2 Å². The van der Waals surface area contributed by atoms with Crippen molar-refractivity contribution in [3.8, 4) is 17.1 Å². The summed E-state index contributed by atoms with van der Waals surface area (Å²) < 4.78 is 60.6. The molecule has 0 N–H and O–H groups in total. The Balaban J connectivity index is 1.39. The number of halogens is 5. The summed E-state index contributed by atoms with van der Waals surface area (Å²) in [6.07, 6.45) is -1.55. The Morgan fingerprint density at radius 3 is 2.35 bits per heavy atom. The molecule has 1 aromatic heterocycles. The van der Waals surface area contributed by atoms with Gasteiger partial charge in [-0.25, -0.2) is 4.39 Å². The van der Waals surface area contributed by atoms with Crippen LogP contribution in [0, 0.1) is 29.0 Å². The van der Waals surface area contributed by atoms with Crippen LogP contribution in [-0.2, 0) is 6.18 Å². The minimum absolute atomic E-state index is 0.0380. The van der Waals surface area contributed by atoms with Gasteiger partial charge in [0.25, 0.3) is 0 Å². The first-order chi connectivity index (χ1) is 15.9. The lowest BCUT2D eigenvalue weighted by atomic mass is 9.92. The molecule has 0 amide bonds. The van der Waals surface area contributed by atoms with Crippen molar-refractivity contribution >= 4 is 11.6 Å². The highest BCUT2D eigenvalue weighted by Crippen LogP contribution is 2.43. The smallest absolute Gasteiger partial charge is 0.418 e. The summed E-state index contributed by atoms with van der Waals surface area (Å²) in [7, 11) is 0. The van der Waals surface area contributed by atoms with Gasteiger partial charge in [0.05, 0.1) is 17.2 Å². The predicted octanol–water partition coefficient (Wildman–Crippen LogP) is 6.73. The molecule has 34 heavy (non-hydrogen) atoms. The molecule has 1 saturated heterocycles. The summed E-state index contributed by atoms with van der Waals surface area (Å²) in [5.41, 5.74) is -1.41. The molecular weight excluding hydrogens is 470 g/mol. The second-order valence-electron chi connectivity index (χ2n) is 10.8. The SMILES string of the molecule is CC(C)(C)CCN1C[C@H]2C[C@H](COc3cc(C(F)(F)F)c(-c4cc(F)ccc4Cl)nn3)C[C@H]2C1. The van der Waals surface area contributed by atoms with Gasteiger partial charge in [0.1, 0.15) is 11.5 Å². The number of ether oxygens (including phenoxy) is 1. The van der Waals surface area contributed by atoms with E-state index in [1.54, 1.807) is 0 Å². The van der Waals surface area contributed by atoms with E-state index in [9.17, 15) is 17.6 Å². The molecule has 4 rings (SSSR count). The van der Waals surface area contributed by atoms with E-state index in [0.717, 1.165) is 57.1 Å². The fraction of sp³-hybridized carbons (Fsp3) is 0.600. The average molecular weight is 500 g/mol. The minimum atomic E-state index is -4.72. The maximum atomic E-state index is 13.8. The number of likely N-dealkylation sites (tertiary alicyclic amines) is 1. The van der Waals surface area contributed by atoms with E-state index in [2.05, 4.69) is 35.9 Å². The Hall–Kier alpha value is -1.93. The van der Waals surface area contributed by atoms with Crippen LogP contribution < -0.4 is 4.74 Å². The molecule has 186 valence electrons. The van der Waals surface area contributed by atoms with Crippen LogP contribution in [0.5, 0.6) is 5.88 Å². The number of benzene rings is 1. The van der Waals surface area contributed by atoms with E-state index in [-0.39, 0.29) is 22.4 Å². The van der Waals surface area contributed by atoms with Gasteiger partial charge >= 0.3 is 6.18 Å². The molecule has 1 aliphatic carbocycles. The Morgan fingerprint density at radius 2 is 1.74 bits per heavy atom. The third-order valence-corrected chi connectivity index (χ3v) is 7.16. The molecule has 0 unspecified atom stereocenters. The highest BCUT2D eigenvalue weighted by Gasteiger charge is 2.41. The number of aromatic nitrogens is 2. The second-order valence-corrected chi connectivity index (χ2v) is 11.2. The van der Waals surface area contributed by atoms with Crippen molar-refractivity contribution in [2.24, 2.45) is 23.2 Å². The van der Waals surface area contributed by atoms with Crippen LogP contribution in [0.4, 0.5) is 17.6 Å². The number of fused-ring (bicyclic) bond motifs is 1. The first-order valence-electron chi connectivity index (χ1n) is 11.6. The van der Waals surface area contributed by atoms with Gasteiger partial charge in [-0.1, -0.05) is 32.4 Å². The second kappa shape index (κ2) is 9.61. The average Bonchev–Trinajstić information content (AvgIpc) is 3.30. The van der Waals surface area contributed by atoms with Crippen molar-refractivity contribution in [3.63, 3.8) is 0 Å². The third kappa shape index (κ3) is 6.00. The van der Waals surface area contributed by atoms with Crippen LogP contribution >= 0.6 is 11.6 Å². The highest BCUT2D eigenvalue weighted by atomic mass is 35.5. The number of hydrogen-bond acceptors (Lipinski definition) is 4. The lowest BCUT2D eigenvalue weighted by Gasteiger charge is -2.24. The molecular formula is C25H30ClF4N3O. The molecule has 1 saturated carbocycles. The number of alkyl halides is 3. The number of nitrogens with zero attached hydrogens (tertiary/aromatic N) is 3. The van der Waals surface area contributed by atoms with Crippen molar-refractivity contribution < 1.29 is 22.3 Å². The molecule has 0 bridgehead atoms. The molecule has 0 spiro atoms. The fourth-order valence-electron chi connectivity index (χ4n) is 5.08. The zero-order chi connectivity index (χ0) is 24.7. The lowest BCUT2D eigenvalue weighted by Crippen LogP contribution is -2.27. The monoisotopic (exact) mass is 499 g/mol. The molecule has 9 heteroatoms. The van der Waals surface area contributed by atoms with Crippen LogP contribution in [0.25, 0.3) is 11.3 Å². The van der Waals surface area contributed by atoms with E-state index in [1.165, 1.54) is 6.07 Å². The van der Waals surface area contributed by atoms with E-state index in [0.29, 0.717) is 23.9 Å². The first-order valence-corrected chi connectivity index (χ1v) is 12.0. The van der Waals surface area contributed by atoms with Gasteiger partial charge in [-0.3, -0.25) is 0 Å². The maximum Gasteiger partial charge on any atom is 0.418 e. The van der Waals surface area contributed by atoms with Gasteiger partial charge in [-0.2, -0.15) is 13.2 Å². The van der Waals surface area contributed by atoms with Crippen LogP contribution in [0.1, 0.15) is 45.6 Å². The van der Waals surface area contributed by atoms with Gasteiger partial charge in [0, 0.05) is 24.7 Å². The molecule has 1 aromatic carbocycles. The summed E-state index contributed by atoms with van der Waals surface area (Å²) >= 11 is 6.00. The van der Waals surface area contributed by atoms with E-state index < -0.39 is 23.3 Å². The zero-order valence-electron chi connectivity index (χ0n) is 19.6. The molecule has 2 aromatic rings. The molecule has 4 nitrogen and oxygen atoms in total. The quantitative estimate of drug-likeness (QED) is 0.413. The van der Waals surface area contributed by atoms with E-state index >= 15 is 0 Å². The van der Waals surface area contributed by atoms with E-state index in [4.69, 9.17) is 16.3 Å². The largest absolute Gasteiger partial charge is 0.476 e. The summed E-state index contributed by atoms with van der Waals surface area (Å²) in [6.45, 7) is 10.3. The predicted molar refractivity (Wildman–Crippen MR) is 123 cm³/mol. The van der Waals surface area contributed by atoms with Crippen molar-refractivity contribution in [1.82, 2.24) is 15.1 Å². The Labute approximate surface area is 202 Å². The molecule has 3 atom stereocenters. The Kier molecular flexibility index (Phi) is 7.11. The highest BCUT2D eigenvalue weighted by molar-refractivity contribution is 6.33. The van der Waals surface area contributed by atoms with Crippen molar-refractivity contribution in [3.05, 3.63) is 40.7 Å². The van der Waals surface area contributed by atoms with Crippen LogP contribution in [-0.4, -0.2) is 41.3 Å². The molecule has 2 fully saturated rings. The topological polar surface area (TPSA) is 38.2 Å². The van der Waals surface area contributed by atoms with Gasteiger partial charge in [0.15, 0.2) is 0 Å². The zero-order valence-corrected chi connectivity index (χ0v) is 20.4. The minimum Gasteiger partial charge on any atom is -0.476 e. The van der Waals surface area contributed by atoms with E-state index in [1.807, 2.05) is 0 Å². The summed E-state index contributed by atoms with van der Waals surface area (Å²) in [6, 6.07) is 4.02. The van der Waals surface area contributed by atoms with Gasteiger partial charge in [-0.15, -0.1) is 10.2 Å². The van der Waals surface area contributed by atoms with Crippen molar-refractivity contribution in [1.29, 1.82) is 0 Å². The van der Waals surface area contributed by atoms with Gasteiger partial charge in [-0.05, 0) is 67.2 Å². The summed E-state index contributed by atoms with van der Waals surface area (Å²) in [5, 5.41) is 7.51. The third-order valence-electron chi connectivity index (χ3n) is 6.83. The van der Waals surface area contributed by atoms with Gasteiger partial charge in [0.2, 0.25) is 5.88 Å². The number of hydrogen-bond donors (Lipinski definition) is 0. The van der Waals surface area contributed by atoms with Crippen LogP contribution in [0.3, 0.4) is 0 Å². The summed E-state index contributed by atoms with van der Waals surface area (Å²) in [5.74, 6) is 0.616. The first kappa shape index (κ1) is 25.2. The standard InChI is InChI=1S/C25H30ClF4N3O/c1-24(2,3)6-7-33-12-16-8-15(9-17(16)13-33)14-34-22-11-20(25(28,29)30)23(32-31-22)19-10-18(27)4-5-21(19)26/h4-5,10-11,15-17H,6-9,12-14H2,1-3H3/t15-,16+,17-. The molecule has 0 radical (unpaired) electrons. The lowest BCUT2D eigenvalue weighted by molar-refractivity contribution is -0.137. The Morgan fingerprint density at radius 1 is 1.06 bits per heavy atom. The van der Waals surface area contributed by atoms with Gasteiger partial charge < -0.3 is 9.64 Å². The molecule has 2 aliphatic rings. The number of rotatable bonds is 6. The normalized spacial score (nSPS) is 23.4.